The lowest BCUT2D eigenvalue weighted by Gasteiger charge is -2.30. The first-order valence-corrected chi connectivity index (χ1v) is 9.65. The maximum Gasteiger partial charge on any atom is 0.258 e. The second-order valence-corrected chi connectivity index (χ2v) is 8.35. The van der Waals surface area contributed by atoms with Gasteiger partial charge in [-0.2, -0.15) is 0 Å². The van der Waals surface area contributed by atoms with E-state index in [4.69, 9.17) is 14.2 Å². The van der Waals surface area contributed by atoms with Gasteiger partial charge in [-0.3, -0.25) is 4.79 Å². The van der Waals surface area contributed by atoms with Gasteiger partial charge < -0.3 is 19.5 Å². The van der Waals surface area contributed by atoms with E-state index in [2.05, 4.69) is 5.32 Å². The lowest BCUT2D eigenvalue weighted by molar-refractivity contribution is -0.124. The molecule has 0 bridgehead atoms. The molecule has 0 spiro atoms. The van der Waals surface area contributed by atoms with Gasteiger partial charge in [0.05, 0.1) is 11.2 Å². The fourth-order valence-electron chi connectivity index (χ4n) is 3.37. The Labute approximate surface area is 156 Å². The Hall–Kier alpha value is -1.59. The molecule has 1 aromatic rings. The second-order valence-electron chi connectivity index (χ2n) is 8.35. The maximum absolute atomic E-state index is 12.0. The van der Waals surface area contributed by atoms with Crippen LogP contribution in [0.5, 0.6) is 5.75 Å². The summed E-state index contributed by atoms with van der Waals surface area (Å²) in [5, 5.41) is 3.06. The first-order valence-electron chi connectivity index (χ1n) is 9.65. The van der Waals surface area contributed by atoms with Crippen LogP contribution in [0.15, 0.2) is 24.3 Å². The van der Waals surface area contributed by atoms with Gasteiger partial charge in [0.1, 0.15) is 5.75 Å². The molecule has 1 saturated heterocycles. The summed E-state index contributed by atoms with van der Waals surface area (Å²) in [6.07, 6.45) is 5.45. The highest BCUT2D eigenvalue weighted by Crippen LogP contribution is 2.44. The molecule has 1 saturated carbocycles. The molecule has 2 fully saturated rings. The lowest BCUT2D eigenvalue weighted by atomic mass is 9.90. The standard InChI is InChI=1S/C21H31NO4/c1-20(2)21(3,4)26-19(25-20)15-10-12-17(13-11-15)24-14-18(23)22-16-8-6-5-7-9-16/h10-13,16,19H,5-9,14H2,1-4H3,(H,22,23). The summed E-state index contributed by atoms with van der Waals surface area (Å²) >= 11 is 0. The Morgan fingerprint density at radius 3 is 2.19 bits per heavy atom. The number of amides is 1. The van der Waals surface area contributed by atoms with Crippen LogP contribution >= 0.6 is 0 Å². The summed E-state index contributed by atoms with van der Waals surface area (Å²) in [5.74, 6) is 0.621. The summed E-state index contributed by atoms with van der Waals surface area (Å²) in [4.78, 5) is 12.0. The molecule has 1 N–H and O–H groups in total. The van der Waals surface area contributed by atoms with Crippen LogP contribution in [-0.2, 0) is 14.3 Å². The van der Waals surface area contributed by atoms with Crippen molar-refractivity contribution in [2.75, 3.05) is 6.61 Å². The molecule has 0 unspecified atom stereocenters. The number of hydrogen-bond acceptors (Lipinski definition) is 4. The smallest absolute Gasteiger partial charge is 0.258 e. The first-order chi connectivity index (χ1) is 12.3. The maximum atomic E-state index is 12.0. The van der Waals surface area contributed by atoms with Gasteiger partial charge >= 0.3 is 0 Å². The van der Waals surface area contributed by atoms with E-state index in [9.17, 15) is 4.79 Å². The molecule has 0 radical (unpaired) electrons. The second kappa shape index (κ2) is 7.57. The molecule has 144 valence electrons. The van der Waals surface area contributed by atoms with Crippen molar-refractivity contribution in [2.24, 2.45) is 0 Å². The third-order valence-corrected chi connectivity index (χ3v) is 5.75. The molecule has 5 heteroatoms. The van der Waals surface area contributed by atoms with Crippen LogP contribution in [0.25, 0.3) is 0 Å². The molecule has 1 amide bonds. The minimum Gasteiger partial charge on any atom is -0.484 e. The molecule has 26 heavy (non-hydrogen) atoms. The van der Waals surface area contributed by atoms with Crippen molar-refractivity contribution in [3.63, 3.8) is 0 Å². The van der Waals surface area contributed by atoms with E-state index in [1.807, 2.05) is 52.0 Å². The third-order valence-electron chi connectivity index (χ3n) is 5.75. The molecule has 1 heterocycles. The van der Waals surface area contributed by atoms with Crippen molar-refractivity contribution >= 4 is 5.91 Å². The van der Waals surface area contributed by atoms with E-state index in [0.717, 1.165) is 18.4 Å². The summed E-state index contributed by atoms with van der Waals surface area (Å²) in [6.45, 7) is 8.20. The van der Waals surface area contributed by atoms with E-state index in [-0.39, 0.29) is 30.0 Å². The van der Waals surface area contributed by atoms with Crippen LogP contribution < -0.4 is 10.1 Å². The molecular formula is C21H31NO4. The molecule has 0 atom stereocenters. The van der Waals surface area contributed by atoms with Crippen molar-refractivity contribution in [2.45, 2.75) is 83.3 Å². The number of carbonyl (C=O) groups excluding carboxylic acids is 1. The molecular weight excluding hydrogens is 330 g/mol. The zero-order valence-electron chi connectivity index (χ0n) is 16.3. The third kappa shape index (κ3) is 4.38. The number of carbonyl (C=O) groups is 1. The van der Waals surface area contributed by atoms with Gasteiger partial charge in [0, 0.05) is 11.6 Å². The van der Waals surface area contributed by atoms with E-state index in [1.165, 1.54) is 19.3 Å². The predicted octanol–water partition coefficient (Wildman–Crippen LogP) is 4.12. The van der Waals surface area contributed by atoms with Gasteiger partial charge in [0.2, 0.25) is 0 Å². The Balaban J connectivity index is 1.49. The molecule has 0 aromatic heterocycles. The quantitative estimate of drug-likeness (QED) is 0.857. The van der Waals surface area contributed by atoms with Gasteiger partial charge in [0.25, 0.3) is 5.91 Å². The molecule has 1 aromatic carbocycles. The Morgan fingerprint density at radius 2 is 1.62 bits per heavy atom. The van der Waals surface area contributed by atoms with Crippen molar-refractivity contribution < 1.29 is 19.0 Å². The van der Waals surface area contributed by atoms with Gasteiger partial charge in [-0.25, -0.2) is 0 Å². The topological polar surface area (TPSA) is 56.8 Å². The number of rotatable bonds is 5. The summed E-state index contributed by atoms with van der Waals surface area (Å²) in [7, 11) is 0. The summed E-state index contributed by atoms with van der Waals surface area (Å²) < 4.78 is 17.7. The fourth-order valence-corrected chi connectivity index (χ4v) is 3.37. The number of hydrogen-bond donors (Lipinski definition) is 1. The molecule has 3 rings (SSSR count). The largest absolute Gasteiger partial charge is 0.484 e. The van der Waals surface area contributed by atoms with Crippen LogP contribution in [0.1, 0.15) is 71.7 Å². The predicted molar refractivity (Wildman–Crippen MR) is 100 cm³/mol. The van der Waals surface area contributed by atoms with Crippen molar-refractivity contribution in [1.29, 1.82) is 0 Å². The minimum absolute atomic E-state index is 0.0480. The van der Waals surface area contributed by atoms with Crippen LogP contribution in [-0.4, -0.2) is 29.8 Å². The van der Waals surface area contributed by atoms with Gasteiger partial charge in [-0.15, -0.1) is 0 Å². The Morgan fingerprint density at radius 1 is 1.04 bits per heavy atom. The van der Waals surface area contributed by atoms with Gasteiger partial charge in [-0.1, -0.05) is 31.4 Å². The van der Waals surface area contributed by atoms with Crippen molar-refractivity contribution in [3.8, 4) is 5.75 Å². The molecule has 1 aliphatic heterocycles. The van der Waals surface area contributed by atoms with Crippen LogP contribution in [0.3, 0.4) is 0 Å². The minimum atomic E-state index is -0.386. The highest BCUT2D eigenvalue weighted by Gasteiger charge is 2.49. The lowest BCUT2D eigenvalue weighted by Crippen LogP contribution is -2.41. The normalized spacial score (nSPS) is 22.9. The van der Waals surface area contributed by atoms with Crippen molar-refractivity contribution in [1.82, 2.24) is 5.32 Å². The monoisotopic (exact) mass is 361 g/mol. The van der Waals surface area contributed by atoms with E-state index in [1.54, 1.807) is 0 Å². The highest BCUT2D eigenvalue weighted by molar-refractivity contribution is 5.77. The molecule has 1 aliphatic carbocycles. The Bertz CT molecular complexity index is 601. The number of benzene rings is 1. The summed E-state index contributed by atoms with van der Waals surface area (Å²) in [5.41, 5.74) is 0.233. The first kappa shape index (κ1) is 19.2. The molecule has 5 nitrogen and oxygen atoms in total. The SMILES string of the molecule is CC1(C)OC(c2ccc(OCC(=O)NC3CCCCC3)cc2)OC1(C)C. The zero-order valence-corrected chi connectivity index (χ0v) is 16.3. The van der Waals surface area contributed by atoms with Crippen LogP contribution in [0.4, 0.5) is 0 Å². The van der Waals surface area contributed by atoms with E-state index >= 15 is 0 Å². The zero-order chi connectivity index (χ0) is 18.8. The van der Waals surface area contributed by atoms with E-state index in [0.29, 0.717) is 11.8 Å². The van der Waals surface area contributed by atoms with Gasteiger partial charge in [-0.05, 0) is 52.7 Å². The van der Waals surface area contributed by atoms with Crippen LogP contribution in [0, 0.1) is 0 Å². The number of ether oxygens (including phenoxy) is 3. The summed E-state index contributed by atoms with van der Waals surface area (Å²) in [6, 6.07) is 7.88. The van der Waals surface area contributed by atoms with Crippen LogP contribution in [0.2, 0.25) is 0 Å². The Kier molecular flexibility index (Phi) is 5.58. The van der Waals surface area contributed by atoms with Gasteiger partial charge in [0.15, 0.2) is 12.9 Å². The highest BCUT2D eigenvalue weighted by atomic mass is 16.7. The van der Waals surface area contributed by atoms with Crippen molar-refractivity contribution in [3.05, 3.63) is 29.8 Å². The average molecular weight is 361 g/mol. The number of nitrogens with one attached hydrogen (secondary N) is 1. The fraction of sp³-hybridized carbons (Fsp3) is 0.667. The average Bonchev–Trinajstić information content (AvgIpc) is 2.82. The molecule has 2 aliphatic rings. The van der Waals surface area contributed by atoms with E-state index < -0.39 is 0 Å².